The summed E-state index contributed by atoms with van der Waals surface area (Å²) in [4.78, 5) is 6.06. The smallest absolute Gasteiger partial charge is 0.211 e. The van der Waals surface area contributed by atoms with Gasteiger partial charge < -0.3 is 10.6 Å². The van der Waals surface area contributed by atoms with Crippen molar-refractivity contribution in [3.63, 3.8) is 0 Å². The lowest BCUT2D eigenvalue weighted by Gasteiger charge is -2.12. The van der Waals surface area contributed by atoms with Crippen LogP contribution in [0.3, 0.4) is 0 Å². The number of benzene rings is 2. The number of nitrogens with one attached hydrogen (secondary N) is 1. The monoisotopic (exact) mass is 401 g/mol. The molecule has 0 aliphatic carbocycles. The highest BCUT2D eigenvalue weighted by atomic mass is 32.2. The highest BCUT2D eigenvalue weighted by Crippen LogP contribution is 2.25. The van der Waals surface area contributed by atoms with Crippen LogP contribution in [0.2, 0.25) is 0 Å². The largest absolute Gasteiger partial charge is 0.382 e. The molecule has 0 aliphatic rings. The molecular weight excluding hydrogens is 382 g/mol. The Bertz CT molecular complexity index is 1070. The van der Waals surface area contributed by atoms with E-state index in [1.807, 2.05) is 24.3 Å². The van der Waals surface area contributed by atoms with Crippen molar-refractivity contribution < 1.29 is 8.42 Å². The van der Waals surface area contributed by atoms with Crippen molar-refractivity contribution in [1.82, 2.24) is 9.88 Å². The van der Waals surface area contributed by atoms with Crippen molar-refractivity contribution in [2.75, 3.05) is 19.5 Å². The molecule has 27 heavy (non-hydrogen) atoms. The topological polar surface area (TPSA) is 101 Å². The van der Waals surface area contributed by atoms with Crippen LogP contribution < -0.4 is 11.2 Å². The van der Waals surface area contributed by atoms with Crippen LogP contribution in [-0.4, -0.2) is 38.2 Å². The van der Waals surface area contributed by atoms with Gasteiger partial charge in [-0.05, 0) is 24.3 Å². The molecule has 0 spiro atoms. The van der Waals surface area contributed by atoms with E-state index in [9.17, 15) is 8.42 Å². The number of rotatable bonds is 6. The van der Waals surface area contributed by atoms with Crippen molar-refractivity contribution in [1.29, 1.82) is 0 Å². The number of fused-ring (bicyclic) bond motifs is 1. The van der Waals surface area contributed by atoms with Gasteiger partial charge in [0.25, 0.3) is 0 Å². The van der Waals surface area contributed by atoms with Gasteiger partial charge in [0, 0.05) is 20.3 Å². The zero-order valence-corrected chi connectivity index (χ0v) is 16.5. The van der Waals surface area contributed by atoms with E-state index in [0.29, 0.717) is 5.13 Å². The summed E-state index contributed by atoms with van der Waals surface area (Å²) in [6.07, 6.45) is 1.43. The number of hydrazone groups is 1. The third kappa shape index (κ3) is 4.26. The summed E-state index contributed by atoms with van der Waals surface area (Å²) in [6.45, 7) is 0. The first-order chi connectivity index (χ1) is 12.9. The fourth-order valence-electron chi connectivity index (χ4n) is 2.32. The van der Waals surface area contributed by atoms with Crippen LogP contribution in [0.5, 0.6) is 0 Å². The Hall–Kier alpha value is -2.91. The summed E-state index contributed by atoms with van der Waals surface area (Å²) in [5.41, 5.74) is 9.61. The van der Waals surface area contributed by atoms with Crippen LogP contribution in [0.25, 0.3) is 10.2 Å². The van der Waals surface area contributed by atoms with E-state index in [0.717, 1.165) is 10.2 Å². The Morgan fingerprint density at radius 3 is 2.48 bits per heavy atom. The number of hydrogen-bond acceptors (Lipinski definition) is 7. The zero-order valence-electron chi connectivity index (χ0n) is 14.8. The summed E-state index contributed by atoms with van der Waals surface area (Å²) in [7, 11) is -0.384. The van der Waals surface area contributed by atoms with Gasteiger partial charge in [0.1, 0.15) is 4.91 Å². The summed E-state index contributed by atoms with van der Waals surface area (Å²) < 4.78 is 26.9. The first-order valence-corrected chi connectivity index (χ1v) is 10.3. The standard InChI is InChI=1S/C18H19N5O2S2/c1-23(2)12-16(27(24,25)13-8-4-3-5-9-13)17(19)21-22-18-20-14-10-6-7-11-15(14)26-18/h3-12H,1-2H3,(H2,19,21)(H,20,22)/b16-12+. The molecule has 0 saturated heterocycles. The third-order valence-electron chi connectivity index (χ3n) is 3.54. The lowest BCUT2D eigenvalue weighted by atomic mass is 10.3. The van der Waals surface area contributed by atoms with Crippen LogP contribution in [0.1, 0.15) is 0 Å². The Balaban J connectivity index is 1.94. The van der Waals surface area contributed by atoms with E-state index in [1.165, 1.54) is 29.7 Å². The first-order valence-electron chi connectivity index (χ1n) is 8.01. The van der Waals surface area contributed by atoms with Gasteiger partial charge in [0.05, 0.1) is 15.1 Å². The number of hydrogen-bond donors (Lipinski definition) is 2. The van der Waals surface area contributed by atoms with E-state index in [-0.39, 0.29) is 15.6 Å². The normalized spacial score (nSPS) is 13.0. The maximum Gasteiger partial charge on any atom is 0.211 e. The van der Waals surface area contributed by atoms with Gasteiger partial charge in [0.2, 0.25) is 15.0 Å². The summed E-state index contributed by atoms with van der Waals surface area (Å²) in [6, 6.07) is 15.8. The van der Waals surface area contributed by atoms with Crippen LogP contribution in [0.4, 0.5) is 5.13 Å². The van der Waals surface area contributed by atoms with Crippen LogP contribution in [-0.2, 0) is 9.84 Å². The fourth-order valence-corrected chi connectivity index (χ4v) is 4.57. The Morgan fingerprint density at radius 1 is 1.15 bits per heavy atom. The molecule has 0 amide bonds. The molecule has 9 heteroatoms. The Labute approximate surface area is 161 Å². The Morgan fingerprint density at radius 2 is 1.81 bits per heavy atom. The number of amidine groups is 1. The second kappa shape index (κ2) is 7.77. The predicted molar refractivity (Wildman–Crippen MR) is 110 cm³/mol. The second-order valence-corrected chi connectivity index (χ2v) is 8.82. The molecule has 1 aromatic heterocycles. The molecule has 0 atom stereocenters. The molecule has 7 nitrogen and oxygen atoms in total. The third-order valence-corrected chi connectivity index (χ3v) is 6.26. The maximum atomic E-state index is 13.0. The lowest BCUT2D eigenvalue weighted by molar-refractivity contribution is 0.559. The minimum Gasteiger partial charge on any atom is -0.382 e. The van der Waals surface area contributed by atoms with Gasteiger partial charge >= 0.3 is 0 Å². The van der Waals surface area contributed by atoms with E-state index in [4.69, 9.17) is 5.73 Å². The molecule has 3 rings (SSSR count). The SMILES string of the molecule is CN(C)/C=C(\C(N)=N\Nc1nc2ccccc2s1)S(=O)(=O)c1ccccc1. The van der Waals surface area contributed by atoms with E-state index >= 15 is 0 Å². The molecule has 140 valence electrons. The molecule has 3 aromatic rings. The summed E-state index contributed by atoms with van der Waals surface area (Å²) in [5, 5.41) is 4.58. The predicted octanol–water partition coefficient (Wildman–Crippen LogP) is 2.86. The van der Waals surface area contributed by atoms with E-state index < -0.39 is 9.84 Å². The number of sulfone groups is 1. The number of anilines is 1. The molecule has 0 bridgehead atoms. The highest BCUT2D eigenvalue weighted by molar-refractivity contribution is 7.96. The number of nitrogens with two attached hydrogens (primary N) is 1. The second-order valence-electron chi connectivity index (χ2n) is 5.87. The number of thiazole rings is 1. The van der Waals surface area contributed by atoms with Crippen molar-refractivity contribution in [3.8, 4) is 0 Å². The number of para-hydroxylation sites is 1. The van der Waals surface area contributed by atoms with Gasteiger partial charge in [-0.15, -0.1) is 0 Å². The molecule has 3 N–H and O–H groups in total. The zero-order chi connectivity index (χ0) is 19.4. The fraction of sp³-hybridized carbons (Fsp3) is 0.111. The average Bonchev–Trinajstić information content (AvgIpc) is 3.07. The summed E-state index contributed by atoms with van der Waals surface area (Å²) in [5.74, 6) is -0.146. The molecule has 0 aliphatic heterocycles. The average molecular weight is 402 g/mol. The molecular formula is C18H19N5O2S2. The minimum atomic E-state index is -3.82. The van der Waals surface area contributed by atoms with Crippen LogP contribution in [0.15, 0.2) is 75.7 Å². The summed E-state index contributed by atoms with van der Waals surface area (Å²) >= 11 is 1.40. The van der Waals surface area contributed by atoms with Gasteiger partial charge in [-0.1, -0.05) is 41.7 Å². The quantitative estimate of drug-likeness (QED) is 0.374. The van der Waals surface area contributed by atoms with Crippen LogP contribution in [0, 0.1) is 0 Å². The lowest BCUT2D eigenvalue weighted by Crippen LogP contribution is -2.25. The Kier molecular flexibility index (Phi) is 5.43. The minimum absolute atomic E-state index is 0.0905. The van der Waals surface area contributed by atoms with E-state index in [2.05, 4.69) is 15.5 Å². The molecule has 0 fully saturated rings. The van der Waals surface area contributed by atoms with Gasteiger partial charge in [0.15, 0.2) is 5.84 Å². The highest BCUT2D eigenvalue weighted by Gasteiger charge is 2.24. The maximum absolute atomic E-state index is 13.0. The number of aromatic nitrogens is 1. The van der Waals surface area contributed by atoms with Crippen molar-refractivity contribution >= 4 is 42.4 Å². The number of nitrogens with zero attached hydrogens (tertiary/aromatic N) is 3. The first kappa shape index (κ1) is 18.9. The molecule has 1 heterocycles. The van der Waals surface area contributed by atoms with Crippen LogP contribution >= 0.6 is 11.3 Å². The molecule has 0 unspecified atom stereocenters. The molecule has 2 aromatic carbocycles. The molecule has 0 radical (unpaired) electrons. The van der Waals surface area contributed by atoms with Gasteiger partial charge in [-0.2, -0.15) is 5.10 Å². The van der Waals surface area contributed by atoms with Crippen molar-refractivity contribution in [2.45, 2.75) is 4.90 Å². The van der Waals surface area contributed by atoms with Crippen molar-refractivity contribution in [2.24, 2.45) is 10.8 Å². The van der Waals surface area contributed by atoms with Crippen molar-refractivity contribution in [3.05, 3.63) is 65.7 Å². The van der Waals surface area contributed by atoms with E-state index in [1.54, 1.807) is 37.2 Å². The molecule has 0 saturated carbocycles. The van der Waals surface area contributed by atoms with Gasteiger partial charge in [-0.25, -0.2) is 13.4 Å². The van der Waals surface area contributed by atoms with Gasteiger partial charge in [-0.3, -0.25) is 5.43 Å².